The number of benzene rings is 2. The minimum Gasteiger partial charge on any atom is -0.325 e. The molecule has 0 aliphatic rings. The third-order valence-electron chi connectivity index (χ3n) is 4.84. The van der Waals surface area contributed by atoms with Crippen molar-refractivity contribution in [3.63, 3.8) is 0 Å². The highest BCUT2D eigenvalue weighted by atomic mass is 35.5. The maximum Gasteiger partial charge on any atom is 0.234 e. The van der Waals surface area contributed by atoms with Crippen LogP contribution >= 0.6 is 23.4 Å². The maximum absolute atomic E-state index is 13.1. The van der Waals surface area contributed by atoms with Crippen LogP contribution in [0.2, 0.25) is 5.02 Å². The maximum atomic E-state index is 13.1. The summed E-state index contributed by atoms with van der Waals surface area (Å²) in [6, 6.07) is 4.17. The van der Waals surface area contributed by atoms with Gasteiger partial charge in [0.05, 0.1) is 10.8 Å². The van der Waals surface area contributed by atoms with Gasteiger partial charge in [0.1, 0.15) is 5.82 Å². The van der Waals surface area contributed by atoms with Crippen LogP contribution in [0.4, 0.5) is 10.1 Å². The zero-order chi connectivity index (χ0) is 18.7. The molecule has 0 atom stereocenters. The molecule has 0 aliphatic heterocycles. The van der Waals surface area contributed by atoms with E-state index in [2.05, 4.69) is 39.9 Å². The number of carbonyl (C=O) groups excluding carboxylic acids is 1. The van der Waals surface area contributed by atoms with E-state index in [0.29, 0.717) is 11.4 Å². The van der Waals surface area contributed by atoms with E-state index < -0.39 is 5.82 Å². The standard InChI is InChI=1S/C20H23ClFNOS/c1-11-12(2)14(4)17(15(5)13(11)3)9-25-10-20(24)23-16-6-7-19(22)18(21)8-16/h6-8H,9-10H2,1-5H3,(H,23,24). The summed E-state index contributed by atoms with van der Waals surface area (Å²) in [6.45, 7) is 10.7. The fourth-order valence-electron chi connectivity index (χ4n) is 2.81. The van der Waals surface area contributed by atoms with Crippen molar-refractivity contribution < 1.29 is 9.18 Å². The number of halogens is 2. The van der Waals surface area contributed by atoms with Gasteiger partial charge in [-0.25, -0.2) is 4.39 Å². The first kappa shape index (κ1) is 19.8. The topological polar surface area (TPSA) is 29.1 Å². The lowest BCUT2D eigenvalue weighted by molar-refractivity contribution is -0.113. The fraction of sp³-hybridized carbons (Fsp3) is 0.350. The van der Waals surface area contributed by atoms with Crippen LogP contribution in [0, 0.1) is 40.4 Å². The SMILES string of the molecule is Cc1c(C)c(C)c(CSCC(=O)Nc2ccc(F)c(Cl)c2)c(C)c1C. The summed E-state index contributed by atoms with van der Waals surface area (Å²) in [7, 11) is 0. The van der Waals surface area contributed by atoms with Crippen molar-refractivity contribution in [2.45, 2.75) is 40.4 Å². The Bertz CT molecular complexity index is 791. The third-order valence-corrected chi connectivity index (χ3v) is 6.09. The highest BCUT2D eigenvalue weighted by Crippen LogP contribution is 2.29. The second-order valence-electron chi connectivity index (χ2n) is 6.27. The lowest BCUT2D eigenvalue weighted by Crippen LogP contribution is -2.14. The lowest BCUT2D eigenvalue weighted by atomic mass is 9.90. The second kappa shape index (κ2) is 8.24. The molecular formula is C20H23ClFNOS. The first-order valence-electron chi connectivity index (χ1n) is 8.10. The van der Waals surface area contributed by atoms with Crippen LogP contribution in [0.15, 0.2) is 18.2 Å². The Morgan fingerprint density at radius 2 is 1.60 bits per heavy atom. The van der Waals surface area contributed by atoms with Gasteiger partial charge >= 0.3 is 0 Å². The van der Waals surface area contributed by atoms with E-state index >= 15 is 0 Å². The number of amides is 1. The number of rotatable bonds is 5. The first-order chi connectivity index (χ1) is 11.7. The van der Waals surface area contributed by atoms with Crippen LogP contribution in [-0.4, -0.2) is 11.7 Å². The molecule has 2 aromatic rings. The number of nitrogens with one attached hydrogen (secondary N) is 1. The van der Waals surface area contributed by atoms with Crippen molar-refractivity contribution in [2.24, 2.45) is 0 Å². The molecule has 0 radical (unpaired) electrons. The highest BCUT2D eigenvalue weighted by Gasteiger charge is 2.13. The molecule has 0 spiro atoms. The Morgan fingerprint density at radius 3 is 2.16 bits per heavy atom. The van der Waals surface area contributed by atoms with Crippen LogP contribution in [-0.2, 0) is 10.5 Å². The highest BCUT2D eigenvalue weighted by molar-refractivity contribution is 7.99. The van der Waals surface area contributed by atoms with Crippen LogP contribution in [0.5, 0.6) is 0 Å². The molecule has 0 aromatic heterocycles. The van der Waals surface area contributed by atoms with Crippen molar-refractivity contribution in [3.05, 3.63) is 62.4 Å². The van der Waals surface area contributed by atoms with E-state index in [4.69, 9.17) is 11.6 Å². The van der Waals surface area contributed by atoms with Crippen molar-refractivity contribution in [3.8, 4) is 0 Å². The largest absolute Gasteiger partial charge is 0.325 e. The zero-order valence-electron chi connectivity index (χ0n) is 15.2. The van der Waals surface area contributed by atoms with Gasteiger partial charge in [0.2, 0.25) is 5.91 Å². The molecule has 0 bridgehead atoms. The molecule has 0 unspecified atom stereocenters. The summed E-state index contributed by atoms with van der Waals surface area (Å²) < 4.78 is 13.1. The second-order valence-corrected chi connectivity index (χ2v) is 7.67. The van der Waals surface area contributed by atoms with E-state index in [1.807, 2.05) is 0 Å². The lowest BCUT2D eigenvalue weighted by Gasteiger charge is -2.18. The number of hydrogen-bond donors (Lipinski definition) is 1. The van der Waals surface area contributed by atoms with Gasteiger partial charge in [-0.3, -0.25) is 4.79 Å². The predicted molar refractivity (Wildman–Crippen MR) is 106 cm³/mol. The molecule has 0 saturated heterocycles. The molecule has 5 heteroatoms. The van der Waals surface area contributed by atoms with Crippen molar-refractivity contribution >= 4 is 35.0 Å². The molecule has 0 saturated carbocycles. The van der Waals surface area contributed by atoms with E-state index in [1.54, 1.807) is 11.8 Å². The number of carbonyl (C=O) groups is 1. The van der Waals surface area contributed by atoms with Crippen LogP contribution in [0.1, 0.15) is 33.4 Å². The van der Waals surface area contributed by atoms with Crippen LogP contribution in [0.3, 0.4) is 0 Å². The van der Waals surface area contributed by atoms with Gasteiger partial charge in [-0.2, -0.15) is 0 Å². The van der Waals surface area contributed by atoms with Crippen molar-refractivity contribution in [2.75, 3.05) is 11.1 Å². The summed E-state index contributed by atoms with van der Waals surface area (Å²) in [5.41, 5.74) is 8.41. The summed E-state index contributed by atoms with van der Waals surface area (Å²) >= 11 is 7.30. The Kier molecular flexibility index (Phi) is 6.53. The molecule has 0 fully saturated rings. The quantitative estimate of drug-likeness (QED) is 0.701. The minimum absolute atomic E-state index is 0.00214. The average molecular weight is 380 g/mol. The van der Waals surface area contributed by atoms with Gasteiger partial charge in [0, 0.05) is 11.4 Å². The molecule has 25 heavy (non-hydrogen) atoms. The molecule has 1 amide bonds. The molecule has 2 rings (SSSR count). The Balaban J connectivity index is 1.99. The van der Waals surface area contributed by atoms with Gasteiger partial charge in [-0.15, -0.1) is 11.8 Å². The Labute approximate surface area is 158 Å². The van der Waals surface area contributed by atoms with Gasteiger partial charge in [-0.05, 0) is 86.2 Å². The summed E-state index contributed by atoms with van der Waals surface area (Å²) in [4.78, 5) is 12.1. The third kappa shape index (κ3) is 4.56. The van der Waals surface area contributed by atoms with E-state index in [1.165, 1.54) is 51.6 Å². The summed E-state index contributed by atoms with van der Waals surface area (Å²) in [6.07, 6.45) is 0. The first-order valence-corrected chi connectivity index (χ1v) is 9.64. The number of anilines is 1. The van der Waals surface area contributed by atoms with Gasteiger partial charge in [0.15, 0.2) is 0 Å². The normalized spacial score (nSPS) is 10.8. The molecule has 2 aromatic carbocycles. The Morgan fingerprint density at radius 1 is 1.04 bits per heavy atom. The molecule has 2 nitrogen and oxygen atoms in total. The molecule has 1 N–H and O–H groups in total. The predicted octanol–water partition coefficient (Wildman–Crippen LogP) is 5.89. The van der Waals surface area contributed by atoms with Crippen LogP contribution in [0.25, 0.3) is 0 Å². The molecule has 0 heterocycles. The smallest absolute Gasteiger partial charge is 0.234 e. The number of hydrogen-bond acceptors (Lipinski definition) is 2. The monoisotopic (exact) mass is 379 g/mol. The zero-order valence-corrected chi connectivity index (χ0v) is 16.8. The van der Waals surface area contributed by atoms with Crippen molar-refractivity contribution in [1.29, 1.82) is 0 Å². The number of thioether (sulfide) groups is 1. The van der Waals surface area contributed by atoms with E-state index in [0.717, 1.165) is 5.75 Å². The molecular weight excluding hydrogens is 357 g/mol. The van der Waals surface area contributed by atoms with E-state index in [-0.39, 0.29) is 10.9 Å². The summed E-state index contributed by atoms with van der Waals surface area (Å²) in [5, 5.41) is 2.75. The van der Waals surface area contributed by atoms with Gasteiger partial charge in [0.25, 0.3) is 0 Å². The Hall–Kier alpha value is -1.52. The molecule has 0 aliphatic carbocycles. The summed E-state index contributed by atoms with van der Waals surface area (Å²) in [5.74, 6) is 0.505. The fourth-order valence-corrected chi connectivity index (χ4v) is 3.99. The molecule has 134 valence electrons. The van der Waals surface area contributed by atoms with Gasteiger partial charge < -0.3 is 5.32 Å². The minimum atomic E-state index is -0.495. The average Bonchev–Trinajstić information content (AvgIpc) is 2.57. The van der Waals surface area contributed by atoms with Crippen LogP contribution < -0.4 is 5.32 Å². The van der Waals surface area contributed by atoms with E-state index in [9.17, 15) is 9.18 Å². The van der Waals surface area contributed by atoms with Gasteiger partial charge in [-0.1, -0.05) is 11.6 Å². The van der Waals surface area contributed by atoms with Crippen molar-refractivity contribution in [1.82, 2.24) is 0 Å².